The van der Waals surface area contributed by atoms with Gasteiger partial charge in [-0.3, -0.25) is 0 Å². The molecule has 2 aromatic carbocycles. The van der Waals surface area contributed by atoms with Crippen molar-refractivity contribution in [3.05, 3.63) is 54.1 Å². The number of ether oxygens (including phenoxy) is 1. The van der Waals surface area contributed by atoms with Crippen molar-refractivity contribution in [2.45, 2.75) is 17.9 Å². The summed E-state index contributed by atoms with van der Waals surface area (Å²) in [7, 11) is -3.24. The molecule has 0 fully saturated rings. The lowest BCUT2D eigenvalue weighted by molar-refractivity contribution is 0.479. The highest BCUT2D eigenvalue weighted by molar-refractivity contribution is 7.90. The molecule has 0 aliphatic carbocycles. The second-order valence-corrected chi connectivity index (χ2v) is 6.73. The van der Waals surface area contributed by atoms with Crippen LogP contribution in [0.3, 0.4) is 0 Å². The normalized spacial score (nSPS) is 12.9. The Hall–Kier alpha value is -1.85. The molecular weight excluding hydrogens is 274 g/mol. The molecule has 106 valence electrons. The van der Waals surface area contributed by atoms with Crippen LogP contribution in [0.2, 0.25) is 0 Å². The molecule has 0 spiro atoms. The van der Waals surface area contributed by atoms with E-state index in [1.807, 2.05) is 25.1 Å². The lowest BCUT2D eigenvalue weighted by Crippen LogP contribution is -2.04. The van der Waals surface area contributed by atoms with Gasteiger partial charge in [-0.1, -0.05) is 18.2 Å². The standard InChI is InChI=1S/C15H17NO3S/c1-11(16)12-5-3-6-13(9-12)19-14-7-4-8-15(10-14)20(2,17)18/h3-11H,16H2,1-2H3. The second-order valence-electron chi connectivity index (χ2n) is 4.71. The van der Waals surface area contributed by atoms with Crippen LogP contribution in [0.15, 0.2) is 53.4 Å². The fraction of sp³-hybridized carbons (Fsp3) is 0.200. The number of hydrogen-bond acceptors (Lipinski definition) is 4. The Kier molecular flexibility index (Phi) is 4.11. The van der Waals surface area contributed by atoms with Crippen molar-refractivity contribution < 1.29 is 13.2 Å². The average molecular weight is 291 g/mol. The van der Waals surface area contributed by atoms with Crippen molar-refractivity contribution in [1.82, 2.24) is 0 Å². The lowest BCUT2D eigenvalue weighted by Gasteiger charge is -2.10. The molecule has 2 aromatic rings. The van der Waals surface area contributed by atoms with Crippen molar-refractivity contribution >= 4 is 9.84 Å². The molecule has 0 aliphatic rings. The van der Waals surface area contributed by atoms with Crippen LogP contribution in [-0.4, -0.2) is 14.7 Å². The summed E-state index contributed by atoms with van der Waals surface area (Å²) in [6.45, 7) is 1.89. The van der Waals surface area contributed by atoms with E-state index in [1.165, 1.54) is 12.3 Å². The number of nitrogens with two attached hydrogens (primary N) is 1. The van der Waals surface area contributed by atoms with Gasteiger partial charge >= 0.3 is 0 Å². The fourth-order valence-corrected chi connectivity index (χ4v) is 2.42. The first-order valence-electron chi connectivity index (χ1n) is 6.20. The van der Waals surface area contributed by atoms with Gasteiger partial charge in [-0.2, -0.15) is 0 Å². The number of rotatable bonds is 4. The second kappa shape index (κ2) is 5.64. The predicted molar refractivity (Wildman–Crippen MR) is 78.7 cm³/mol. The topological polar surface area (TPSA) is 69.4 Å². The predicted octanol–water partition coefficient (Wildman–Crippen LogP) is 2.90. The van der Waals surface area contributed by atoms with E-state index in [-0.39, 0.29) is 10.9 Å². The van der Waals surface area contributed by atoms with Crippen molar-refractivity contribution in [3.8, 4) is 11.5 Å². The third-order valence-corrected chi connectivity index (χ3v) is 3.96. The Morgan fingerprint density at radius 1 is 1.05 bits per heavy atom. The maximum atomic E-state index is 11.5. The van der Waals surface area contributed by atoms with Crippen molar-refractivity contribution in [1.29, 1.82) is 0 Å². The van der Waals surface area contributed by atoms with Crippen LogP contribution in [-0.2, 0) is 9.84 Å². The third-order valence-electron chi connectivity index (χ3n) is 2.85. The van der Waals surface area contributed by atoms with Crippen LogP contribution < -0.4 is 10.5 Å². The summed E-state index contributed by atoms with van der Waals surface area (Å²) in [6, 6.07) is 13.8. The molecule has 4 nitrogen and oxygen atoms in total. The van der Waals surface area contributed by atoms with E-state index in [0.717, 1.165) is 5.56 Å². The molecule has 1 atom stereocenters. The quantitative estimate of drug-likeness (QED) is 0.940. The minimum absolute atomic E-state index is 0.0825. The van der Waals surface area contributed by atoms with Crippen LogP contribution in [0.25, 0.3) is 0 Å². The minimum atomic E-state index is -3.24. The van der Waals surface area contributed by atoms with Crippen molar-refractivity contribution in [2.75, 3.05) is 6.26 Å². The minimum Gasteiger partial charge on any atom is -0.457 e. The smallest absolute Gasteiger partial charge is 0.175 e. The summed E-state index contributed by atoms with van der Waals surface area (Å²) in [5, 5.41) is 0. The van der Waals surface area contributed by atoms with Crippen LogP contribution in [0, 0.1) is 0 Å². The van der Waals surface area contributed by atoms with E-state index in [0.29, 0.717) is 11.5 Å². The Morgan fingerprint density at radius 3 is 2.25 bits per heavy atom. The summed E-state index contributed by atoms with van der Waals surface area (Å²) >= 11 is 0. The van der Waals surface area contributed by atoms with Gasteiger partial charge in [0.25, 0.3) is 0 Å². The molecule has 0 saturated carbocycles. The van der Waals surface area contributed by atoms with E-state index in [2.05, 4.69) is 0 Å². The molecule has 0 saturated heterocycles. The monoisotopic (exact) mass is 291 g/mol. The van der Waals surface area contributed by atoms with Gasteiger partial charge in [-0.25, -0.2) is 8.42 Å². The van der Waals surface area contributed by atoms with Gasteiger partial charge in [0, 0.05) is 12.3 Å². The molecule has 0 aliphatic heterocycles. The van der Waals surface area contributed by atoms with E-state index in [4.69, 9.17) is 10.5 Å². The molecule has 5 heteroatoms. The highest BCUT2D eigenvalue weighted by atomic mass is 32.2. The van der Waals surface area contributed by atoms with E-state index >= 15 is 0 Å². The molecule has 0 heterocycles. The van der Waals surface area contributed by atoms with E-state index in [9.17, 15) is 8.42 Å². The van der Waals surface area contributed by atoms with Gasteiger partial charge in [0.2, 0.25) is 0 Å². The van der Waals surface area contributed by atoms with Crippen molar-refractivity contribution in [3.63, 3.8) is 0 Å². The summed E-state index contributed by atoms with van der Waals surface area (Å²) in [4.78, 5) is 0.235. The summed E-state index contributed by atoms with van der Waals surface area (Å²) in [5.41, 5.74) is 6.78. The zero-order chi connectivity index (χ0) is 14.8. The average Bonchev–Trinajstić information content (AvgIpc) is 2.38. The Labute approximate surface area is 119 Å². The summed E-state index contributed by atoms with van der Waals surface area (Å²) < 4.78 is 28.7. The zero-order valence-electron chi connectivity index (χ0n) is 11.4. The third kappa shape index (κ3) is 3.59. The number of benzene rings is 2. The Balaban J connectivity index is 2.29. The maximum absolute atomic E-state index is 11.5. The largest absolute Gasteiger partial charge is 0.457 e. The maximum Gasteiger partial charge on any atom is 0.175 e. The number of hydrogen-bond donors (Lipinski definition) is 1. The molecule has 0 bridgehead atoms. The SMILES string of the molecule is CC(N)c1cccc(Oc2cccc(S(C)(=O)=O)c2)c1. The molecule has 0 amide bonds. The van der Waals surface area contributed by atoms with Crippen LogP contribution in [0.5, 0.6) is 11.5 Å². The molecule has 0 aromatic heterocycles. The molecule has 2 rings (SSSR count). The van der Waals surface area contributed by atoms with Gasteiger partial charge < -0.3 is 10.5 Å². The van der Waals surface area contributed by atoms with Crippen LogP contribution in [0.4, 0.5) is 0 Å². The molecule has 2 N–H and O–H groups in total. The van der Waals surface area contributed by atoms with Gasteiger partial charge in [0.05, 0.1) is 4.90 Å². The fourth-order valence-electron chi connectivity index (χ4n) is 1.77. The Bertz CT molecular complexity index is 709. The first-order chi connectivity index (χ1) is 9.36. The number of sulfone groups is 1. The summed E-state index contributed by atoms with van der Waals surface area (Å²) in [5.74, 6) is 1.11. The highest BCUT2D eigenvalue weighted by Crippen LogP contribution is 2.25. The van der Waals surface area contributed by atoms with Gasteiger partial charge in [-0.15, -0.1) is 0 Å². The van der Waals surface area contributed by atoms with E-state index in [1.54, 1.807) is 24.3 Å². The lowest BCUT2D eigenvalue weighted by atomic mass is 10.1. The van der Waals surface area contributed by atoms with E-state index < -0.39 is 9.84 Å². The van der Waals surface area contributed by atoms with Gasteiger partial charge in [0.1, 0.15) is 11.5 Å². The summed E-state index contributed by atoms with van der Waals surface area (Å²) in [6.07, 6.45) is 1.17. The first-order valence-corrected chi connectivity index (χ1v) is 8.09. The van der Waals surface area contributed by atoms with Crippen molar-refractivity contribution in [2.24, 2.45) is 5.73 Å². The van der Waals surface area contributed by atoms with Gasteiger partial charge in [-0.05, 0) is 42.8 Å². The molecular formula is C15H17NO3S. The zero-order valence-corrected chi connectivity index (χ0v) is 12.2. The van der Waals surface area contributed by atoms with Crippen LogP contribution in [0.1, 0.15) is 18.5 Å². The van der Waals surface area contributed by atoms with Crippen LogP contribution >= 0.6 is 0 Å². The highest BCUT2D eigenvalue weighted by Gasteiger charge is 2.08. The molecule has 20 heavy (non-hydrogen) atoms. The van der Waals surface area contributed by atoms with Gasteiger partial charge in [0.15, 0.2) is 9.84 Å². The first kappa shape index (κ1) is 14.6. The Morgan fingerprint density at radius 2 is 1.65 bits per heavy atom. The molecule has 0 radical (unpaired) electrons. The molecule has 1 unspecified atom stereocenters.